The van der Waals surface area contributed by atoms with Gasteiger partial charge in [0.1, 0.15) is 17.6 Å². The van der Waals surface area contributed by atoms with Crippen molar-refractivity contribution >= 4 is 28.0 Å². The van der Waals surface area contributed by atoms with Gasteiger partial charge in [-0.05, 0) is 17.7 Å². The number of benzene rings is 2. The van der Waals surface area contributed by atoms with Crippen LogP contribution in [0.15, 0.2) is 82.5 Å². The molecule has 3 aromatic heterocycles. The molecule has 0 atom stereocenters. The van der Waals surface area contributed by atoms with Gasteiger partial charge in [-0.25, -0.2) is 4.98 Å². The quantitative estimate of drug-likeness (QED) is 0.416. The van der Waals surface area contributed by atoms with E-state index < -0.39 is 0 Å². The maximum Gasteiger partial charge on any atom is 0.297 e. The average Bonchev–Trinajstić information content (AvgIpc) is 3.40. The molecule has 0 saturated carbocycles. The van der Waals surface area contributed by atoms with Gasteiger partial charge in [0.05, 0.1) is 19.1 Å². The van der Waals surface area contributed by atoms with E-state index in [1.165, 1.54) is 10.9 Å². The van der Waals surface area contributed by atoms with Gasteiger partial charge in [0, 0.05) is 30.7 Å². The fraction of sp³-hybridized carbons (Fsp3) is 0.167. The van der Waals surface area contributed by atoms with E-state index in [0.717, 1.165) is 16.5 Å². The number of nitrogens with zero attached hydrogens (tertiary/aromatic N) is 5. The highest BCUT2D eigenvalue weighted by atomic mass is 16.3. The Morgan fingerprint density at radius 3 is 2.69 bits per heavy atom. The van der Waals surface area contributed by atoms with Gasteiger partial charge in [0.2, 0.25) is 11.5 Å². The van der Waals surface area contributed by atoms with Gasteiger partial charge in [-0.1, -0.05) is 42.5 Å². The molecular formula is C24H21N5O3. The summed E-state index contributed by atoms with van der Waals surface area (Å²) >= 11 is 0. The lowest BCUT2D eigenvalue weighted by Gasteiger charge is -2.16. The molecule has 160 valence electrons. The number of carbonyl (C=O) groups excluding carboxylic acids is 1. The van der Waals surface area contributed by atoms with E-state index in [0.29, 0.717) is 24.2 Å². The van der Waals surface area contributed by atoms with Crippen molar-refractivity contribution in [2.24, 2.45) is 0 Å². The van der Waals surface area contributed by atoms with Gasteiger partial charge in [0.15, 0.2) is 0 Å². The first-order valence-corrected chi connectivity index (χ1v) is 10.2. The van der Waals surface area contributed by atoms with Crippen molar-refractivity contribution in [3.05, 3.63) is 94.8 Å². The Bertz CT molecular complexity index is 1470. The van der Waals surface area contributed by atoms with Crippen LogP contribution in [0, 0.1) is 0 Å². The molecule has 32 heavy (non-hydrogen) atoms. The highest BCUT2D eigenvalue weighted by molar-refractivity contribution is 6.01. The van der Waals surface area contributed by atoms with Gasteiger partial charge in [-0.3, -0.25) is 18.8 Å². The van der Waals surface area contributed by atoms with Crippen LogP contribution in [0.5, 0.6) is 0 Å². The van der Waals surface area contributed by atoms with E-state index in [1.807, 2.05) is 59.4 Å². The minimum atomic E-state index is -0.372. The molecule has 2 aromatic carbocycles. The first kappa shape index (κ1) is 19.7. The fourth-order valence-electron chi connectivity index (χ4n) is 3.70. The number of furan rings is 1. The van der Waals surface area contributed by atoms with Crippen molar-refractivity contribution in [2.45, 2.75) is 19.6 Å². The molecule has 0 spiro atoms. The lowest BCUT2D eigenvalue weighted by atomic mass is 10.2. The Morgan fingerprint density at radius 1 is 1.06 bits per heavy atom. The van der Waals surface area contributed by atoms with E-state index in [2.05, 4.69) is 10.1 Å². The van der Waals surface area contributed by atoms with Crippen molar-refractivity contribution in [3.63, 3.8) is 0 Å². The maximum atomic E-state index is 12.8. The van der Waals surface area contributed by atoms with Crippen LogP contribution in [-0.4, -0.2) is 37.2 Å². The van der Waals surface area contributed by atoms with Crippen LogP contribution in [0.1, 0.15) is 11.1 Å². The first-order chi connectivity index (χ1) is 15.6. The predicted octanol–water partition coefficient (Wildman–Crippen LogP) is 3.05. The Hall–Kier alpha value is -4.20. The van der Waals surface area contributed by atoms with Gasteiger partial charge in [-0.2, -0.15) is 5.10 Å². The third kappa shape index (κ3) is 3.78. The zero-order valence-corrected chi connectivity index (χ0v) is 17.5. The lowest BCUT2D eigenvalue weighted by molar-refractivity contribution is -0.131. The molecule has 5 rings (SSSR count). The number of hydrogen-bond donors (Lipinski definition) is 0. The molecule has 0 unspecified atom stereocenters. The summed E-state index contributed by atoms with van der Waals surface area (Å²) in [5, 5.41) is 5.16. The second-order valence-electron chi connectivity index (χ2n) is 7.74. The number of aromatic nitrogens is 4. The number of rotatable bonds is 6. The molecule has 8 nitrogen and oxygen atoms in total. The van der Waals surface area contributed by atoms with E-state index >= 15 is 0 Å². The van der Waals surface area contributed by atoms with E-state index in [9.17, 15) is 9.59 Å². The largest absolute Gasteiger partial charge is 0.448 e. The van der Waals surface area contributed by atoms with Crippen LogP contribution in [-0.2, 0) is 24.4 Å². The molecule has 0 N–H and O–H groups in total. The number of carbonyl (C=O) groups is 1. The van der Waals surface area contributed by atoms with E-state index in [4.69, 9.17) is 4.42 Å². The van der Waals surface area contributed by atoms with Crippen LogP contribution in [0.3, 0.4) is 0 Å². The van der Waals surface area contributed by atoms with Crippen molar-refractivity contribution in [2.75, 3.05) is 7.05 Å². The molecule has 1 amide bonds. The van der Waals surface area contributed by atoms with Crippen molar-refractivity contribution in [1.29, 1.82) is 0 Å². The van der Waals surface area contributed by atoms with Gasteiger partial charge in [0.25, 0.3) is 5.56 Å². The molecule has 3 heterocycles. The van der Waals surface area contributed by atoms with E-state index in [1.54, 1.807) is 24.2 Å². The third-order valence-electron chi connectivity index (χ3n) is 5.38. The lowest BCUT2D eigenvalue weighted by Crippen LogP contribution is -2.33. The molecule has 0 radical (unpaired) electrons. The second-order valence-corrected chi connectivity index (χ2v) is 7.74. The maximum absolute atomic E-state index is 12.8. The first-order valence-electron chi connectivity index (χ1n) is 10.2. The Morgan fingerprint density at radius 2 is 1.84 bits per heavy atom. The highest BCUT2D eigenvalue weighted by Crippen LogP contribution is 2.24. The molecule has 8 heteroatoms. The molecule has 5 aromatic rings. The number of likely N-dealkylation sites (N-methyl/N-ethyl adjacent to an activating group) is 1. The molecule has 0 aliphatic heterocycles. The van der Waals surface area contributed by atoms with E-state index in [-0.39, 0.29) is 23.6 Å². The Kier molecular flexibility index (Phi) is 5.03. The molecule has 0 aliphatic rings. The predicted molar refractivity (Wildman–Crippen MR) is 120 cm³/mol. The van der Waals surface area contributed by atoms with Crippen molar-refractivity contribution in [3.8, 4) is 0 Å². The van der Waals surface area contributed by atoms with Gasteiger partial charge in [-0.15, -0.1) is 0 Å². The van der Waals surface area contributed by atoms with Crippen molar-refractivity contribution in [1.82, 2.24) is 24.2 Å². The number of fused-ring (bicyclic) bond motifs is 3. The topological polar surface area (TPSA) is 86.2 Å². The summed E-state index contributed by atoms with van der Waals surface area (Å²) < 4.78 is 8.80. The standard InChI is InChI=1S/C24H21N5O3/c1-27(12-18-11-26-29(14-18)13-17-7-3-2-4-8-17)21(30)15-28-16-25-22-19-9-5-6-10-20(19)32-23(22)24(28)31/h2-11,14,16H,12-13,15H2,1H3. The smallest absolute Gasteiger partial charge is 0.297 e. The van der Waals surface area contributed by atoms with Crippen molar-refractivity contribution < 1.29 is 9.21 Å². The molecule has 0 bridgehead atoms. The van der Waals surface area contributed by atoms with Crippen LogP contribution in [0.4, 0.5) is 0 Å². The molecule has 0 aliphatic carbocycles. The van der Waals surface area contributed by atoms with Crippen LogP contribution < -0.4 is 5.56 Å². The summed E-state index contributed by atoms with van der Waals surface area (Å²) in [6.07, 6.45) is 5.07. The zero-order valence-electron chi connectivity index (χ0n) is 17.5. The summed E-state index contributed by atoms with van der Waals surface area (Å²) in [7, 11) is 1.70. The van der Waals surface area contributed by atoms with Crippen LogP contribution >= 0.6 is 0 Å². The monoisotopic (exact) mass is 427 g/mol. The zero-order chi connectivity index (χ0) is 22.1. The summed E-state index contributed by atoms with van der Waals surface area (Å²) in [4.78, 5) is 31.5. The minimum absolute atomic E-state index is 0.118. The third-order valence-corrected chi connectivity index (χ3v) is 5.38. The normalized spacial score (nSPS) is 11.3. The average molecular weight is 427 g/mol. The fourth-order valence-corrected chi connectivity index (χ4v) is 3.70. The summed E-state index contributed by atoms with van der Waals surface area (Å²) in [5.41, 5.74) is 2.96. The molecular weight excluding hydrogens is 406 g/mol. The SMILES string of the molecule is CN(Cc1cnn(Cc2ccccc2)c1)C(=O)Cn1cnc2c(oc3ccccc32)c1=O. The van der Waals surface area contributed by atoms with Gasteiger partial charge < -0.3 is 9.32 Å². The van der Waals surface area contributed by atoms with Crippen LogP contribution in [0.25, 0.3) is 22.1 Å². The minimum Gasteiger partial charge on any atom is -0.448 e. The summed E-state index contributed by atoms with van der Waals surface area (Å²) in [5.74, 6) is -0.208. The number of hydrogen-bond acceptors (Lipinski definition) is 5. The Balaban J connectivity index is 1.29. The van der Waals surface area contributed by atoms with Crippen LogP contribution in [0.2, 0.25) is 0 Å². The Labute approximate surface area is 183 Å². The molecule has 0 saturated heterocycles. The number of amides is 1. The second kappa shape index (κ2) is 8.14. The summed E-state index contributed by atoms with van der Waals surface area (Å²) in [6, 6.07) is 17.4. The summed E-state index contributed by atoms with van der Waals surface area (Å²) in [6.45, 7) is 0.938. The molecule has 0 fully saturated rings. The van der Waals surface area contributed by atoms with Gasteiger partial charge >= 0.3 is 0 Å². The number of para-hydroxylation sites is 1. The highest BCUT2D eigenvalue weighted by Gasteiger charge is 2.16.